The van der Waals surface area contributed by atoms with Crippen molar-refractivity contribution in [1.29, 1.82) is 0 Å². The number of furan rings is 3. The summed E-state index contributed by atoms with van der Waals surface area (Å²) >= 11 is 0. The first-order chi connectivity index (χ1) is 32.7. The molecule has 0 radical (unpaired) electrons. The Kier molecular flexibility index (Phi) is 6.41. The lowest BCUT2D eigenvalue weighted by atomic mass is 10.1. The van der Waals surface area contributed by atoms with Crippen LogP contribution < -0.4 is 0 Å². The van der Waals surface area contributed by atoms with E-state index in [0.717, 1.165) is 137 Å². The molecule has 0 fully saturated rings. The Hall–Kier alpha value is -9.14. The lowest BCUT2D eigenvalue weighted by Crippen LogP contribution is -2.10. The number of nitrogens with zero attached hydrogens (tertiary/aromatic N) is 5. The zero-order chi connectivity index (χ0) is 42.8. The Morgan fingerprint density at radius 1 is 0.258 bits per heavy atom. The summed E-state index contributed by atoms with van der Waals surface area (Å²) in [6, 6.07) is 66.0. The number of hydrogen-bond acceptors (Lipinski definition) is 5. The molecule has 0 aliphatic rings. The molecule has 9 aromatic carbocycles. The highest BCUT2D eigenvalue weighted by atomic mass is 16.3. The molecule has 66 heavy (non-hydrogen) atoms. The fourth-order valence-corrected chi connectivity index (χ4v) is 11.1. The fraction of sp³-hybridized carbons (Fsp3) is 0. The average molecular weight is 846 g/mol. The minimum Gasteiger partial charge on any atom is -0.456 e. The Balaban J connectivity index is 1.06. The molecule has 8 nitrogen and oxygen atoms in total. The van der Waals surface area contributed by atoms with Crippen molar-refractivity contribution in [2.24, 2.45) is 0 Å². The summed E-state index contributed by atoms with van der Waals surface area (Å²) in [5.74, 6) is 1.35. The van der Waals surface area contributed by atoms with Gasteiger partial charge in [0.15, 0.2) is 11.6 Å². The lowest BCUT2D eigenvalue weighted by Gasteiger charge is -2.17. The summed E-state index contributed by atoms with van der Waals surface area (Å²) in [5, 5.41) is 23.8. The first-order valence-corrected chi connectivity index (χ1v) is 22.1. The van der Waals surface area contributed by atoms with E-state index in [0.29, 0.717) is 11.6 Å². The second kappa shape index (κ2) is 12.3. The van der Waals surface area contributed by atoms with Crippen LogP contribution in [0.1, 0.15) is 0 Å². The zero-order valence-electron chi connectivity index (χ0n) is 34.9. The van der Waals surface area contributed by atoms with Gasteiger partial charge in [0.2, 0.25) is 0 Å². The maximum absolute atomic E-state index is 6.60. The van der Waals surface area contributed by atoms with Crippen molar-refractivity contribution < 1.29 is 13.3 Å². The predicted molar refractivity (Wildman–Crippen MR) is 267 cm³/mol. The van der Waals surface area contributed by atoms with Gasteiger partial charge in [0.05, 0.1) is 38.8 Å². The highest BCUT2D eigenvalue weighted by Gasteiger charge is 2.26. The van der Waals surface area contributed by atoms with Crippen LogP contribution in [0, 0.1) is 0 Å². The van der Waals surface area contributed by atoms with Crippen molar-refractivity contribution in [2.75, 3.05) is 0 Å². The monoisotopic (exact) mass is 845 g/mol. The summed E-state index contributed by atoms with van der Waals surface area (Å²) in [6.07, 6.45) is 0. The average Bonchev–Trinajstić information content (AvgIpc) is 4.21. The molecule has 0 bridgehead atoms. The molecule has 16 aromatic rings. The van der Waals surface area contributed by atoms with Gasteiger partial charge in [-0.05, 0) is 54.6 Å². The molecule has 0 saturated carbocycles. The van der Waals surface area contributed by atoms with Crippen LogP contribution in [0.4, 0.5) is 0 Å². The minimum absolute atomic E-state index is 0.673. The molecule has 8 heteroatoms. The van der Waals surface area contributed by atoms with Crippen molar-refractivity contribution >= 4 is 131 Å². The van der Waals surface area contributed by atoms with Crippen LogP contribution in [0.15, 0.2) is 201 Å². The quantitative estimate of drug-likeness (QED) is 0.177. The van der Waals surface area contributed by atoms with E-state index in [1.165, 1.54) is 0 Å². The van der Waals surface area contributed by atoms with Gasteiger partial charge in [-0.25, -0.2) is 0 Å². The zero-order valence-corrected chi connectivity index (χ0v) is 34.9. The van der Waals surface area contributed by atoms with Gasteiger partial charge in [0, 0.05) is 88.9 Å². The predicted octanol–water partition coefficient (Wildman–Crippen LogP) is 15.5. The van der Waals surface area contributed by atoms with Gasteiger partial charge in [-0.1, -0.05) is 109 Å². The highest BCUT2D eigenvalue weighted by Crippen LogP contribution is 2.44. The van der Waals surface area contributed by atoms with Crippen LogP contribution in [0.5, 0.6) is 0 Å². The fourth-order valence-electron chi connectivity index (χ4n) is 11.1. The van der Waals surface area contributed by atoms with Gasteiger partial charge in [-0.2, -0.15) is 0 Å². The lowest BCUT2D eigenvalue weighted by molar-refractivity contribution is 0.669. The van der Waals surface area contributed by atoms with Crippen molar-refractivity contribution in [3.63, 3.8) is 0 Å². The van der Waals surface area contributed by atoms with Crippen molar-refractivity contribution in [3.8, 4) is 17.3 Å². The molecule has 0 aliphatic carbocycles. The minimum atomic E-state index is 0.673. The van der Waals surface area contributed by atoms with Crippen molar-refractivity contribution in [1.82, 2.24) is 23.9 Å². The van der Waals surface area contributed by atoms with Gasteiger partial charge >= 0.3 is 0 Å². The number of fused-ring (bicyclic) bond motifs is 18. The van der Waals surface area contributed by atoms with Crippen LogP contribution in [0.3, 0.4) is 0 Å². The third-order valence-electron chi connectivity index (χ3n) is 13.9. The topological polar surface area (TPSA) is 80.0 Å². The first kappa shape index (κ1) is 34.4. The molecule has 306 valence electrons. The molecular weight excluding hydrogens is 815 g/mol. The van der Waals surface area contributed by atoms with E-state index in [-0.39, 0.29) is 0 Å². The molecule has 0 saturated heterocycles. The molecule has 0 aliphatic heterocycles. The highest BCUT2D eigenvalue weighted by molar-refractivity contribution is 6.20. The van der Waals surface area contributed by atoms with E-state index in [4.69, 9.17) is 23.4 Å². The second-order valence-electron chi connectivity index (χ2n) is 17.4. The smallest absolute Gasteiger partial charge is 0.184 e. The molecule has 7 aromatic heterocycles. The molecule has 0 unspecified atom stereocenters. The molecule has 0 atom stereocenters. The van der Waals surface area contributed by atoms with E-state index >= 15 is 0 Å². The van der Waals surface area contributed by atoms with Gasteiger partial charge in [-0.3, -0.25) is 9.13 Å². The van der Waals surface area contributed by atoms with Gasteiger partial charge in [0.25, 0.3) is 0 Å². The standard InChI is InChI=1S/C58H31N5O3/c1-7-19-44-32(13-1)38-25-41-35-16-4-10-22-51(35)64-54(41)28-47(38)61(44)50-31-57(62-45-20-8-2-14-33(45)39-26-42-36-17-5-11-23-52(36)65-55(42)29-48(39)62)59-60-58(50)63-46-21-9-3-15-34(46)40-27-43-37-18-6-12-24-53(37)66-56(43)30-49(40)63/h1-31H. The normalized spacial score (nSPS) is 12.5. The molecule has 0 spiro atoms. The molecule has 16 rings (SSSR count). The molecule has 7 heterocycles. The third kappa shape index (κ3) is 4.41. The molecular formula is C58H31N5O3. The van der Waals surface area contributed by atoms with Crippen molar-refractivity contribution in [3.05, 3.63) is 188 Å². The van der Waals surface area contributed by atoms with Crippen LogP contribution in [0.25, 0.3) is 149 Å². The number of para-hydroxylation sites is 6. The summed E-state index contributed by atoms with van der Waals surface area (Å²) < 4.78 is 26.5. The third-order valence-corrected chi connectivity index (χ3v) is 13.9. The van der Waals surface area contributed by atoms with Crippen LogP contribution in [-0.2, 0) is 0 Å². The summed E-state index contributed by atoms with van der Waals surface area (Å²) in [6.45, 7) is 0. The van der Waals surface area contributed by atoms with E-state index in [1.807, 2.05) is 36.4 Å². The summed E-state index contributed by atoms with van der Waals surface area (Å²) in [4.78, 5) is 0. The largest absolute Gasteiger partial charge is 0.456 e. The number of aromatic nitrogens is 5. The Bertz CT molecular complexity index is 4780. The van der Waals surface area contributed by atoms with Gasteiger partial charge in [-0.15, -0.1) is 10.2 Å². The Morgan fingerprint density at radius 2 is 0.621 bits per heavy atom. The number of benzene rings is 9. The summed E-state index contributed by atoms with van der Waals surface area (Å²) in [7, 11) is 0. The first-order valence-electron chi connectivity index (χ1n) is 22.1. The molecule has 0 N–H and O–H groups in total. The van der Waals surface area contributed by atoms with Crippen LogP contribution >= 0.6 is 0 Å². The summed E-state index contributed by atoms with van der Waals surface area (Å²) in [5.41, 5.74) is 11.9. The Labute approximate surface area is 372 Å². The van der Waals surface area contributed by atoms with Crippen LogP contribution in [0.2, 0.25) is 0 Å². The molecule has 0 amide bonds. The number of hydrogen-bond donors (Lipinski definition) is 0. The van der Waals surface area contributed by atoms with Gasteiger partial charge in [0.1, 0.15) is 33.5 Å². The Morgan fingerprint density at radius 3 is 1.09 bits per heavy atom. The van der Waals surface area contributed by atoms with Gasteiger partial charge < -0.3 is 17.8 Å². The van der Waals surface area contributed by atoms with E-state index in [2.05, 4.69) is 165 Å². The second-order valence-corrected chi connectivity index (χ2v) is 17.4. The van der Waals surface area contributed by atoms with E-state index in [1.54, 1.807) is 0 Å². The SMILES string of the molecule is c1ccc2c(c1)oc1cc3c(cc12)c1ccccc1n3-c1cc(-n2c3ccccc3c3cc4c(cc32)oc2ccccc24)c(-n2c3ccccc3c3cc4c(cc32)oc2ccccc24)nn1. The van der Waals surface area contributed by atoms with E-state index in [9.17, 15) is 0 Å². The maximum atomic E-state index is 6.60. The van der Waals surface area contributed by atoms with E-state index < -0.39 is 0 Å². The number of rotatable bonds is 3. The van der Waals surface area contributed by atoms with Crippen molar-refractivity contribution in [2.45, 2.75) is 0 Å². The maximum Gasteiger partial charge on any atom is 0.184 e. The van der Waals surface area contributed by atoms with Crippen LogP contribution in [-0.4, -0.2) is 23.9 Å².